The predicted octanol–water partition coefficient (Wildman–Crippen LogP) is 3.82. The number of H-pyrrole nitrogens is 1. The van der Waals surface area contributed by atoms with Gasteiger partial charge < -0.3 is 4.74 Å². The van der Waals surface area contributed by atoms with Crippen LogP contribution in [0.4, 0.5) is 0 Å². The number of nitrogens with zero attached hydrogens (tertiary/aromatic N) is 5. The third kappa shape index (κ3) is 3.06. The van der Waals surface area contributed by atoms with E-state index in [9.17, 15) is 0 Å². The van der Waals surface area contributed by atoms with E-state index in [2.05, 4.69) is 25.5 Å². The van der Waals surface area contributed by atoms with Crippen molar-refractivity contribution in [2.24, 2.45) is 0 Å². The summed E-state index contributed by atoms with van der Waals surface area (Å²) in [4.78, 5) is 0.715. The quantitative estimate of drug-likeness (QED) is 0.506. The molecule has 0 atom stereocenters. The highest BCUT2D eigenvalue weighted by Crippen LogP contribution is 2.27. The Balaban J connectivity index is 1.41. The lowest BCUT2D eigenvalue weighted by atomic mass is 10.1. The lowest BCUT2D eigenvalue weighted by Gasteiger charge is -2.02. The molecule has 27 heavy (non-hydrogen) atoms. The molecule has 0 unspecified atom stereocenters. The van der Waals surface area contributed by atoms with E-state index in [1.807, 2.05) is 66.7 Å². The Labute approximate surface area is 158 Å². The molecule has 0 saturated carbocycles. The van der Waals surface area contributed by atoms with Crippen LogP contribution in [0.1, 0.15) is 5.82 Å². The fourth-order valence-electron chi connectivity index (χ4n) is 2.71. The number of para-hydroxylation sites is 1. The highest BCUT2D eigenvalue weighted by atomic mass is 32.1. The van der Waals surface area contributed by atoms with Crippen LogP contribution >= 0.6 is 11.3 Å². The van der Waals surface area contributed by atoms with E-state index in [-0.39, 0.29) is 0 Å². The molecule has 0 aliphatic rings. The molecule has 3 aromatic heterocycles. The summed E-state index contributed by atoms with van der Waals surface area (Å²) in [5.74, 6) is 1.44. The molecule has 5 aromatic rings. The van der Waals surface area contributed by atoms with E-state index >= 15 is 0 Å². The third-order valence-electron chi connectivity index (χ3n) is 4.04. The number of benzene rings is 2. The summed E-state index contributed by atoms with van der Waals surface area (Å²) in [6.45, 7) is 0.298. The zero-order valence-electron chi connectivity index (χ0n) is 14.1. The molecule has 0 bridgehead atoms. The van der Waals surface area contributed by atoms with Crippen molar-refractivity contribution in [2.45, 2.75) is 6.61 Å². The van der Waals surface area contributed by atoms with Crippen LogP contribution in [0.15, 0.2) is 66.7 Å². The summed E-state index contributed by atoms with van der Waals surface area (Å²) in [5.41, 5.74) is 2.78. The van der Waals surface area contributed by atoms with E-state index in [4.69, 9.17) is 4.74 Å². The average Bonchev–Trinajstić information content (AvgIpc) is 3.44. The normalized spacial score (nSPS) is 11.1. The van der Waals surface area contributed by atoms with Crippen molar-refractivity contribution in [2.75, 3.05) is 0 Å². The lowest BCUT2D eigenvalue weighted by Crippen LogP contribution is -2.02. The molecule has 0 aliphatic heterocycles. The number of hydrogen-bond donors (Lipinski definition) is 1. The maximum Gasteiger partial charge on any atom is 0.235 e. The van der Waals surface area contributed by atoms with Crippen molar-refractivity contribution < 1.29 is 4.74 Å². The molecule has 0 aliphatic carbocycles. The minimum atomic E-state index is 0.298. The summed E-state index contributed by atoms with van der Waals surface area (Å²) in [7, 11) is 0. The van der Waals surface area contributed by atoms with Gasteiger partial charge in [-0.3, -0.25) is 5.10 Å². The van der Waals surface area contributed by atoms with Crippen molar-refractivity contribution >= 4 is 16.3 Å². The molecule has 8 heteroatoms. The summed E-state index contributed by atoms with van der Waals surface area (Å²) in [6.07, 6.45) is 0. The summed E-state index contributed by atoms with van der Waals surface area (Å²) < 4.78 is 7.47. The van der Waals surface area contributed by atoms with Gasteiger partial charge in [-0.2, -0.15) is 14.7 Å². The van der Waals surface area contributed by atoms with E-state index in [0.717, 1.165) is 27.7 Å². The van der Waals surface area contributed by atoms with Crippen LogP contribution in [0.3, 0.4) is 0 Å². The molecule has 5 rings (SSSR count). The molecule has 1 N–H and O–H groups in total. The first-order valence-electron chi connectivity index (χ1n) is 8.37. The first-order valence-corrected chi connectivity index (χ1v) is 9.19. The number of aromatic amines is 1. The molecule has 7 nitrogen and oxygen atoms in total. The van der Waals surface area contributed by atoms with Crippen molar-refractivity contribution in [3.63, 3.8) is 0 Å². The molecular formula is C19H14N6OS. The van der Waals surface area contributed by atoms with E-state index in [1.54, 1.807) is 4.52 Å². The Morgan fingerprint density at radius 1 is 0.963 bits per heavy atom. The van der Waals surface area contributed by atoms with Gasteiger partial charge in [0.1, 0.15) is 12.4 Å². The number of fused-ring (bicyclic) bond motifs is 1. The van der Waals surface area contributed by atoms with Gasteiger partial charge in [-0.15, -0.1) is 10.2 Å². The van der Waals surface area contributed by atoms with Crippen LogP contribution in [0.25, 0.3) is 26.9 Å². The minimum absolute atomic E-state index is 0.298. The van der Waals surface area contributed by atoms with Crippen LogP contribution in [-0.2, 0) is 6.61 Å². The van der Waals surface area contributed by atoms with E-state index in [0.29, 0.717) is 17.4 Å². The zero-order valence-corrected chi connectivity index (χ0v) is 14.9. The second-order valence-corrected chi connectivity index (χ2v) is 6.81. The highest BCUT2D eigenvalue weighted by Gasteiger charge is 2.15. The van der Waals surface area contributed by atoms with Crippen LogP contribution in [0.2, 0.25) is 0 Å². The summed E-state index contributed by atoms with van der Waals surface area (Å²) in [5, 5.41) is 21.2. The Bertz CT molecular complexity index is 1180. The third-order valence-corrected chi connectivity index (χ3v) is 4.98. The number of nitrogens with one attached hydrogen (secondary N) is 1. The summed E-state index contributed by atoms with van der Waals surface area (Å²) >= 11 is 1.45. The molecule has 0 radical (unpaired) electrons. The smallest absolute Gasteiger partial charge is 0.235 e. The predicted molar refractivity (Wildman–Crippen MR) is 102 cm³/mol. The largest absolute Gasteiger partial charge is 0.486 e. The van der Waals surface area contributed by atoms with Crippen molar-refractivity contribution in [1.29, 1.82) is 0 Å². The van der Waals surface area contributed by atoms with Gasteiger partial charge in [-0.25, -0.2) is 0 Å². The molecule has 0 amide bonds. The second kappa shape index (κ2) is 6.65. The molecule has 0 spiro atoms. The Hall–Kier alpha value is -3.52. The number of ether oxygens (including phenoxy) is 1. The zero-order chi connectivity index (χ0) is 18.1. The number of aromatic nitrogens is 6. The topological polar surface area (TPSA) is 81.0 Å². The van der Waals surface area contributed by atoms with Gasteiger partial charge in [0, 0.05) is 5.56 Å². The van der Waals surface area contributed by atoms with Crippen LogP contribution in [0.5, 0.6) is 5.75 Å². The van der Waals surface area contributed by atoms with Crippen LogP contribution in [0, 0.1) is 0 Å². The molecule has 3 heterocycles. The maximum atomic E-state index is 5.76. The lowest BCUT2D eigenvalue weighted by molar-refractivity contribution is 0.293. The Kier molecular flexibility index (Phi) is 3.87. The Morgan fingerprint density at radius 2 is 1.74 bits per heavy atom. The molecule has 132 valence electrons. The molecule has 2 aromatic carbocycles. The van der Waals surface area contributed by atoms with E-state index < -0.39 is 0 Å². The van der Waals surface area contributed by atoms with Crippen molar-refractivity contribution in [1.82, 2.24) is 30.0 Å². The van der Waals surface area contributed by atoms with Gasteiger partial charge in [-0.1, -0.05) is 59.9 Å². The van der Waals surface area contributed by atoms with Gasteiger partial charge in [0.15, 0.2) is 10.8 Å². The monoisotopic (exact) mass is 374 g/mol. The Morgan fingerprint density at radius 3 is 2.56 bits per heavy atom. The van der Waals surface area contributed by atoms with Crippen LogP contribution < -0.4 is 4.74 Å². The van der Waals surface area contributed by atoms with Gasteiger partial charge >= 0.3 is 0 Å². The number of rotatable bonds is 5. The average molecular weight is 374 g/mol. The van der Waals surface area contributed by atoms with E-state index in [1.165, 1.54) is 11.3 Å². The van der Waals surface area contributed by atoms with Gasteiger partial charge in [0.2, 0.25) is 4.96 Å². The second-order valence-electron chi connectivity index (χ2n) is 5.85. The SMILES string of the molecule is c1ccc(OCc2nnc3sc(-c4cc(-c5ccccc5)n[nH]4)nn23)cc1. The van der Waals surface area contributed by atoms with Gasteiger partial charge in [0.25, 0.3) is 0 Å². The first kappa shape index (κ1) is 15.7. The molecule has 0 fully saturated rings. The summed E-state index contributed by atoms with van der Waals surface area (Å²) in [6, 6.07) is 21.6. The molecule has 0 saturated heterocycles. The standard InChI is InChI=1S/C19H14N6OS/c1-3-7-13(8-4-1)15-11-16(21-20-15)18-24-25-17(22-23-19(25)27-18)12-26-14-9-5-2-6-10-14/h1-11H,12H2,(H,20,21). The van der Waals surface area contributed by atoms with Gasteiger partial charge in [0.05, 0.1) is 11.4 Å². The first-order chi connectivity index (χ1) is 13.4. The molecular weight excluding hydrogens is 360 g/mol. The number of hydrogen-bond acceptors (Lipinski definition) is 6. The fraction of sp³-hybridized carbons (Fsp3) is 0.0526. The highest BCUT2D eigenvalue weighted by molar-refractivity contribution is 7.19. The minimum Gasteiger partial charge on any atom is -0.486 e. The van der Waals surface area contributed by atoms with Crippen molar-refractivity contribution in [3.05, 3.63) is 72.6 Å². The van der Waals surface area contributed by atoms with Gasteiger partial charge in [-0.05, 0) is 18.2 Å². The van der Waals surface area contributed by atoms with Crippen molar-refractivity contribution in [3.8, 4) is 27.7 Å². The fourth-order valence-corrected chi connectivity index (χ4v) is 3.53. The van der Waals surface area contributed by atoms with Crippen LogP contribution in [-0.4, -0.2) is 30.0 Å². The maximum absolute atomic E-state index is 5.76.